The minimum Gasteiger partial charge on any atom is -0.497 e. The van der Waals surface area contributed by atoms with Crippen molar-refractivity contribution >= 4 is 18.3 Å². The molecule has 1 aromatic rings. The molecule has 0 aliphatic rings. The Hall–Kier alpha value is -1.23. The van der Waals surface area contributed by atoms with Crippen LogP contribution in [-0.4, -0.2) is 12.0 Å². The normalized spacial score (nSPS) is 9.50. The van der Waals surface area contributed by atoms with Gasteiger partial charge in [0.25, 0.3) is 5.69 Å². The SMILES string of the molecule is COc1ccc([N+](=O)[O-])c(S)c1. The van der Waals surface area contributed by atoms with E-state index in [-0.39, 0.29) is 5.69 Å². The number of thiol groups is 1. The summed E-state index contributed by atoms with van der Waals surface area (Å²) in [5.41, 5.74) is -0.0147. The lowest BCUT2D eigenvalue weighted by molar-refractivity contribution is -0.387. The van der Waals surface area contributed by atoms with Gasteiger partial charge < -0.3 is 4.74 Å². The molecule has 64 valence electrons. The van der Waals surface area contributed by atoms with E-state index in [0.717, 1.165) is 0 Å². The topological polar surface area (TPSA) is 52.4 Å². The number of benzene rings is 1. The van der Waals surface area contributed by atoms with Crippen molar-refractivity contribution in [2.45, 2.75) is 4.90 Å². The quantitative estimate of drug-likeness (QED) is 0.435. The molecule has 0 amide bonds. The predicted molar refractivity (Wildman–Crippen MR) is 46.9 cm³/mol. The van der Waals surface area contributed by atoms with Crippen LogP contribution in [0.4, 0.5) is 5.69 Å². The summed E-state index contributed by atoms with van der Waals surface area (Å²) >= 11 is 3.94. The molecule has 5 heteroatoms. The molecule has 12 heavy (non-hydrogen) atoms. The molecule has 1 rings (SSSR count). The van der Waals surface area contributed by atoms with Crippen LogP contribution < -0.4 is 4.74 Å². The van der Waals surface area contributed by atoms with E-state index in [1.807, 2.05) is 0 Å². The van der Waals surface area contributed by atoms with Crippen LogP contribution in [0.25, 0.3) is 0 Å². The Bertz CT molecular complexity index is 314. The highest BCUT2D eigenvalue weighted by atomic mass is 32.1. The van der Waals surface area contributed by atoms with Crippen LogP contribution in [-0.2, 0) is 0 Å². The number of ether oxygens (including phenoxy) is 1. The lowest BCUT2D eigenvalue weighted by Gasteiger charge is -2.00. The Kier molecular flexibility index (Phi) is 2.54. The maximum absolute atomic E-state index is 10.3. The molecule has 1 aromatic carbocycles. The van der Waals surface area contributed by atoms with E-state index in [1.165, 1.54) is 25.3 Å². The molecule has 0 saturated carbocycles. The second-order valence-electron chi connectivity index (χ2n) is 2.11. The Morgan fingerprint density at radius 1 is 1.58 bits per heavy atom. The molecule has 0 unspecified atom stereocenters. The summed E-state index contributed by atoms with van der Waals surface area (Å²) in [4.78, 5) is 10.2. The summed E-state index contributed by atoms with van der Waals surface area (Å²) < 4.78 is 4.86. The zero-order chi connectivity index (χ0) is 9.14. The van der Waals surface area contributed by atoms with E-state index >= 15 is 0 Å². The fourth-order valence-corrected chi connectivity index (χ4v) is 1.07. The molecular formula is C7H7NO3S. The Balaban J connectivity index is 3.12. The number of nitro groups is 1. The third kappa shape index (κ3) is 1.68. The molecular weight excluding hydrogens is 178 g/mol. The van der Waals surface area contributed by atoms with Crippen LogP contribution in [0.1, 0.15) is 0 Å². The molecule has 0 aliphatic carbocycles. The first-order valence-corrected chi connectivity index (χ1v) is 3.61. The first-order chi connectivity index (χ1) is 5.65. The van der Waals surface area contributed by atoms with Crippen molar-refractivity contribution in [3.05, 3.63) is 28.3 Å². The molecule has 0 aromatic heterocycles. The van der Waals surface area contributed by atoms with E-state index < -0.39 is 4.92 Å². The van der Waals surface area contributed by atoms with Crippen LogP contribution in [0.3, 0.4) is 0 Å². The third-order valence-electron chi connectivity index (χ3n) is 1.38. The van der Waals surface area contributed by atoms with Gasteiger partial charge in [0.2, 0.25) is 0 Å². The van der Waals surface area contributed by atoms with Gasteiger partial charge in [-0.2, -0.15) is 0 Å². The van der Waals surface area contributed by atoms with Gasteiger partial charge in [-0.1, -0.05) is 0 Å². The summed E-state index contributed by atoms with van der Waals surface area (Å²) in [7, 11) is 1.49. The Labute approximate surface area is 74.7 Å². The summed E-state index contributed by atoms with van der Waals surface area (Å²) in [6.07, 6.45) is 0. The molecule has 4 nitrogen and oxygen atoms in total. The van der Waals surface area contributed by atoms with Crippen LogP contribution >= 0.6 is 12.6 Å². The Morgan fingerprint density at radius 3 is 2.67 bits per heavy atom. The van der Waals surface area contributed by atoms with Gasteiger partial charge >= 0.3 is 0 Å². The third-order valence-corrected chi connectivity index (χ3v) is 1.74. The summed E-state index contributed by atoms with van der Waals surface area (Å²) in [5, 5.41) is 10.3. The number of hydrogen-bond donors (Lipinski definition) is 1. The van der Waals surface area contributed by atoms with Gasteiger partial charge in [0.1, 0.15) is 5.75 Å². The fourth-order valence-electron chi connectivity index (χ4n) is 0.785. The van der Waals surface area contributed by atoms with Crippen LogP contribution in [0.5, 0.6) is 5.75 Å². The first kappa shape index (κ1) is 8.86. The summed E-state index contributed by atoms with van der Waals surface area (Å²) in [5.74, 6) is 0.561. The van der Waals surface area contributed by atoms with Crippen LogP contribution in [0, 0.1) is 10.1 Å². The van der Waals surface area contributed by atoms with Gasteiger partial charge in [-0.15, -0.1) is 12.6 Å². The van der Waals surface area contributed by atoms with E-state index in [2.05, 4.69) is 12.6 Å². The summed E-state index contributed by atoms with van der Waals surface area (Å²) in [6, 6.07) is 4.39. The highest BCUT2D eigenvalue weighted by Gasteiger charge is 2.10. The van der Waals surface area contributed by atoms with Gasteiger partial charge in [-0.3, -0.25) is 10.1 Å². The van der Waals surface area contributed by atoms with Gasteiger partial charge in [0.15, 0.2) is 0 Å². The summed E-state index contributed by atoms with van der Waals surface area (Å²) in [6.45, 7) is 0. The van der Waals surface area contributed by atoms with Crippen molar-refractivity contribution in [3.8, 4) is 5.75 Å². The predicted octanol–water partition coefficient (Wildman–Crippen LogP) is 1.89. The van der Waals surface area contributed by atoms with E-state index in [0.29, 0.717) is 10.6 Å². The molecule has 0 radical (unpaired) electrons. The second kappa shape index (κ2) is 3.44. The highest BCUT2D eigenvalue weighted by Crippen LogP contribution is 2.26. The van der Waals surface area contributed by atoms with E-state index in [1.54, 1.807) is 0 Å². The molecule has 0 bridgehead atoms. The molecule has 0 heterocycles. The maximum Gasteiger partial charge on any atom is 0.282 e. The smallest absolute Gasteiger partial charge is 0.282 e. The lowest BCUT2D eigenvalue weighted by atomic mass is 10.3. The van der Waals surface area contributed by atoms with Crippen molar-refractivity contribution < 1.29 is 9.66 Å². The van der Waals surface area contributed by atoms with Crippen molar-refractivity contribution in [3.63, 3.8) is 0 Å². The zero-order valence-corrected chi connectivity index (χ0v) is 7.25. The molecule has 0 N–H and O–H groups in total. The number of rotatable bonds is 2. The number of nitrogens with zero attached hydrogens (tertiary/aromatic N) is 1. The monoisotopic (exact) mass is 185 g/mol. The molecule has 0 saturated heterocycles. The number of hydrogen-bond acceptors (Lipinski definition) is 4. The molecule has 0 aliphatic heterocycles. The van der Waals surface area contributed by atoms with Crippen LogP contribution in [0.15, 0.2) is 23.1 Å². The largest absolute Gasteiger partial charge is 0.497 e. The van der Waals surface area contributed by atoms with E-state index in [9.17, 15) is 10.1 Å². The first-order valence-electron chi connectivity index (χ1n) is 3.16. The Morgan fingerprint density at radius 2 is 2.25 bits per heavy atom. The minimum atomic E-state index is -0.484. The average Bonchev–Trinajstić information content (AvgIpc) is 2.03. The van der Waals surface area contributed by atoms with Gasteiger partial charge in [-0.25, -0.2) is 0 Å². The second-order valence-corrected chi connectivity index (χ2v) is 2.59. The minimum absolute atomic E-state index is 0.0147. The maximum atomic E-state index is 10.3. The molecule has 0 fully saturated rings. The highest BCUT2D eigenvalue weighted by molar-refractivity contribution is 7.80. The van der Waals surface area contributed by atoms with Gasteiger partial charge in [0, 0.05) is 12.1 Å². The number of nitro benzene ring substituents is 1. The fraction of sp³-hybridized carbons (Fsp3) is 0.143. The lowest BCUT2D eigenvalue weighted by Crippen LogP contribution is -1.90. The number of methoxy groups -OCH3 is 1. The van der Waals surface area contributed by atoms with Crippen molar-refractivity contribution in [1.82, 2.24) is 0 Å². The zero-order valence-electron chi connectivity index (χ0n) is 6.35. The van der Waals surface area contributed by atoms with Crippen molar-refractivity contribution in [2.24, 2.45) is 0 Å². The van der Waals surface area contributed by atoms with Crippen LogP contribution in [0.2, 0.25) is 0 Å². The van der Waals surface area contributed by atoms with Gasteiger partial charge in [-0.05, 0) is 6.07 Å². The van der Waals surface area contributed by atoms with Crippen molar-refractivity contribution in [1.29, 1.82) is 0 Å². The van der Waals surface area contributed by atoms with E-state index in [4.69, 9.17) is 4.74 Å². The average molecular weight is 185 g/mol. The van der Waals surface area contributed by atoms with Crippen molar-refractivity contribution in [2.75, 3.05) is 7.11 Å². The molecule has 0 spiro atoms. The standard InChI is InChI=1S/C7H7NO3S/c1-11-5-2-3-6(8(9)10)7(12)4-5/h2-4,12H,1H3. The molecule has 0 atom stereocenters. The van der Waals surface area contributed by atoms with Gasteiger partial charge in [0.05, 0.1) is 16.9 Å².